The average Bonchev–Trinajstić information content (AvgIpc) is 2.83. The molecule has 0 aliphatic carbocycles. The molecular weight excluding hydrogens is 546 g/mol. The molecule has 0 aliphatic heterocycles. The van der Waals surface area contributed by atoms with Crippen molar-refractivity contribution in [3.63, 3.8) is 0 Å². The lowest BCUT2D eigenvalue weighted by Gasteiger charge is -2.19. The molecule has 0 aliphatic rings. The molecule has 0 unspecified atom stereocenters. The highest BCUT2D eigenvalue weighted by Crippen LogP contribution is 2.29. The fraction of sp³-hybridized carbons (Fsp3) is 0.364. The summed E-state index contributed by atoms with van der Waals surface area (Å²) in [6, 6.07) is 2.78. The van der Waals surface area contributed by atoms with E-state index < -0.39 is 54.1 Å². The normalized spacial score (nSPS) is 10.5. The van der Waals surface area contributed by atoms with Gasteiger partial charge < -0.3 is 14.4 Å². The van der Waals surface area contributed by atoms with Gasteiger partial charge in [0.05, 0.1) is 37.4 Å². The predicted molar refractivity (Wildman–Crippen MR) is 138 cm³/mol. The number of rotatable bonds is 9. The van der Waals surface area contributed by atoms with E-state index in [9.17, 15) is 49.2 Å². The van der Waals surface area contributed by atoms with Crippen molar-refractivity contribution in [2.75, 3.05) is 42.4 Å². The van der Waals surface area contributed by atoms with Crippen LogP contribution in [0.15, 0.2) is 30.5 Å². The summed E-state index contributed by atoms with van der Waals surface area (Å²) in [5, 5.41) is 41.9. The molecule has 0 aromatic heterocycles. The van der Waals surface area contributed by atoms with Crippen molar-refractivity contribution in [3.05, 3.63) is 93.7 Å². The van der Waals surface area contributed by atoms with Gasteiger partial charge in [0.25, 0.3) is 11.4 Å². The topological polar surface area (TPSA) is 198 Å². The van der Waals surface area contributed by atoms with Crippen LogP contribution in [-0.4, -0.2) is 78.3 Å². The van der Waals surface area contributed by atoms with Crippen molar-refractivity contribution in [3.8, 4) is 0 Å². The minimum atomic E-state index is -1.11. The minimum Gasteiger partial charge on any atom is -0.383 e. The van der Waals surface area contributed by atoms with Gasteiger partial charge in [-0.1, -0.05) is 0 Å². The molecule has 0 heterocycles. The molecule has 0 spiro atoms. The van der Waals surface area contributed by atoms with E-state index in [1.807, 2.05) is 19.0 Å². The quantitative estimate of drug-likeness (QED) is 0.235. The van der Waals surface area contributed by atoms with Crippen LogP contribution in [0.3, 0.4) is 0 Å². The van der Waals surface area contributed by atoms with Crippen LogP contribution in [0.4, 0.5) is 31.5 Å². The van der Waals surface area contributed by atoms with Gasteiger partial charge in [0.15, 0.2) is 0 Å². The number of benzene rings is 2. The molecule has 0 N–H and O–H groups in total. The van der Waals surface area contributed by atoms with Gasteiger partial charge in [0.1, 0.15) is 0 Å². The zero-order valence-electron chi connectivity index (χ0n) is 22.6. The Labute approximate surface area is 226 Å². The first kappa shape index (κ1) is 35.3. The molecule has 0 radical (unpaired) electrons. The number of ether oxygens (including phenoxy) is 2. The molecule has 40 heavy (non-hydrogen) atoms. The van der Waals surface area contributed by atoms with Gasteiger partial charge in [-0.15, -0.1) is 0 Å². The second kappa shape index (κ2) is 16.3. The summed E-state index contributed by atoms with van der Waals surface area (Å²) in [7, 11) is 10.4. The molecule has 0 saturated heterocycles. The zero-order chi connectivity index (χ0) is 31.3. The van der Waals surface area contributed by atoms with Gasteiger partial charge >= 0.3 is 11.4 Å². The standard InChI is InChI=1S/C10H10FN3O4.C7H5FN2O4.C5H13NO2/c1-12(2)4-3-7-5-8(11)10(14(17)18)6-9(7)13(15)16;1-4-2-5(8)7(10(13)14)3-6(4)9(11)12;1-6(2)5(7-3)8-4/h3-6H,1-2H3;2-3H,1H3;5H,1-4H3/b4-3+;;. The molecular formula is C22H28F2N6O10. The van der Waals surface area contributed by atoms with E-state index in [-0.39, 0.29) is 17.5 Å². The number of hydrogen-bond acceptors (Lipinski definition) is 12. The number of nitro benzene ring substituents is 4. The zero-order valence-corrected chi connectivity index (χ0v) is 22.6. The Bertz CT molecular complexity index is 1220. The average molecular weight is 574 g/mol. The van der Waals surface area contributed by atoms with Crippen LogP contribution in [0.5, 0.6) is 0 Å². The fourth-order valence-corrected chi connectivity index (χ4v) is 2.73. The molecule has 0 atom stereocenters. The number of halogens is 2. The fourth-order valence-electron chi connectivity index (χ4n) is 2.73. The first-order valence-electron chi connectivity index (χ1n) is 10.8. The van der Waals surface area contributed by atoms with E-state index in [1.165, 1.54) is 19.2 Å². The third-order valence-electron chi connectivity index (χ3n) is 4.53. The highest BCUT2D eigenvalue weighted by atomic mass is 19.1. The van der Waals surface area contributed by atoms with Gasteiger partial charge in [-0.2, -0.15) is 8.78 Å². The molecule has 2 aromatic rings. The molecule has 0 fully saturated rings. The Kier molecular flexibility index (Phi) is 14.4. The smallest absolute Gasteiger partial charge is 0.311 e. The van der Waals surface area contributed by atoms with Crippen molar-refractivity contribution in [2.24, 2.45) is 0 Å². The van der Waals surface area contributed by atoms with Crippen LogP contribution < -0.4 is 0 Å². The van der Waals surface area contributed by atoms with Crippen molar-refractivity contribution < 1.29 is 37.9 Å². The van der Waals surface area contributed by atoms with E-state index in [4.69, 9.17) is 9.47 Å². The SMILES string of the molecule is CN(C)/C=C/c1cc(F)c([N+](=O)[O-])cc1[N+](=O)[O-].COC(OC)N(C)C.Cc1cc(F)c([N+](=O)[O-])cc1[N+](=O)[O-]. The van der Waals surface area contributed by atoms with Crippen LogP contribution in [0.2, 0.25) is 0 Å². The highest BCUT2D eigenvalue weighted by molar-refractivity contribution is 5.64. The highest BCUT2D eigenvalue weighted by Gasteiger charge is 2.24. The predicted octanol–water partition coefficient (Wildman–Crippen LogP) is 4.25. The first-order valence-corrected chi connectivity index (χ1v) is 10.8. The second-order valence-corrected chi connectivity index (χ2v) is 8.00. The molecule has 220 valence electrons. The summed E-state index contributed by atoms with van der Waals surface area (Å²) < 4.78 is 36.0. The lowest BCUT2D eigenvalue weighted by Crippen LogP contribution is -2.30. The van der Waals surface area contributed by atoms with Gasteiger partial charge in [0, 0.05) is 33.9 Å². The summed E-state index contributed by atoms with van der Waals surface area (Å²) in [4.78, 5) is 41.7. The van der Waals surface area contributed by atoms with E-state index in [1.54, 1.807) is 33.2 Å². The number of nitrogens with zero attached hydrogens (tertiary/aromatic N) is 6. The van der Waals surface area contributed by atoms with Crippen LogP contribution >= 0.6 is 0 Å². The maximum Gasteiger partial charge on any atom is 0.311 e. The van der Waals surface area contributed by atoms with Gasteiger partial charge in [-0.05, 0) is 45.4 Å². The Morgan fingerprint density at radius 2 is 1.12 bits per heavy atom. The number of methoxy groups -OCH3 is 2. The van der Waals surface area contributed by atoms with E-state index in [0.717, 1.165) is 12.1 Å². The summed E-state index contributed by atoms with van der Waals surface area (Å²) in [6.45, 7) is 1.31. The van der Waals surface area contributed by atoms with Crippen molar-refractivity contribution >= 4 is 28.8 Å². The molecule has 16 nitrogen and oxygen atoms in total. The molecule has 0 bridgehead atoms. The first-order chi connectivity index (χ1) is 18.5. The van der Waals surface area contributed by atoms with E-state index in [2.05, 4.69) is 0 Å². The van der Waals surface area contributed by atoms with Gasteiger partial charge in [0.2, 0.25) is 18.0 Å². The van der Waals surface area contributed by atoms with Gasteiger partial charge in [-0.3, -0.25) is 45.4 Å². The van der Waals surface area contributed by atoms with Crippen molar-refractivity contribution in [1.29, 1.82) is 0 Å². The third kappa shape index (κ3) is 11.0. The van der Waals surface area contributed by atoms with Crippen LogP contribution in [0.25, 0.3) is 6.08 Å². The lowest BCUT2D eigenvalue weighted by atomic mass is 10.1. The molecule has 0 amide bonds. The molecule has 2 aromatic carbocycles. The Balaban J connectivity index is 0.000000614. The van der Waals surface area contributed by atoms with Crippen LogP contribution in [-0.2, 0) is 9.47 Å². The summed E-state index contributed by atoms with van der Waals surface area (Å²) in [6.07, 6.45) is 2.58. The van der Waals surface area contributed by atoms with E-state index >= 15 is 0 Å². The number of hydrogen-bond donors (Lipinski definition) is 0. The summed E-state index contributed by atoms with van der Waals surface area (Å²) in [5.41, 5.74) is -2.75. The molecule has 2 rings (SSSR count). The number of aryl methyl sites for hydroxylation is 1. The molecule has 18 heteroatoms. The lowest BCUT2D eigenvalue weighted by molar-refractivity contribution is -0.396. The summed E-state index contributed by atoms with van der Waals surface area (Å²) in [5.74, 6) is -2.18. The molecule has 0 saturated carbocycles. The van der Waals surface area contributed by atoms with Gasteiger partial charge in [-0.25, -0.2) is 0 Å². The Hall–Kier alpha value is -4.68. The maximum absolute atomic E-state index is 13.4. The van der Waals surface area contributed by atoms with E-state index in [0.29, 0.717) is 12.1 Å². The Morgan fingerprint density at radius 3 is 1.45 bits per heavy atom. The van der Waals surface area contributed by atoms with Crippen molar-refractivity contribution in [1.82, 2.24) is 9.80 Å². The third-order valence-corrected chi connectivity index (χ3v) is 4.53. The monoisotopic (exact) mass is 574 g/mol. The summed E-state index contributed by atoms with van der Waals surface area (Å²) >= 11 is 0. The van der Waals surface area contributed by atoms with Crippen LogP contribution in [0, 0.1) is 59.0 Å². The van der Waals surface area contributed by atoms with Crippen molar-refractivity contribution in [2.45, 2.75) is 13.3 Å². The maximum atomic E-state index is 13.4. The Morgan fingerprint density at radius 1 is 0.725 bits per heavy atom. The number of nitro groups is 4. The largest absolute Gasteiger partial charge is 0.383 e. The van der Waals surface area contributed by atoms with Crippen LogP contribution in [0.1, 0.15) is 11.1 Å². The second-order valence-electron chi connectivity index (χ2n) is 8.00. The minimum absolute atomic E-state index is 0.0307.